The lowest BCUT2D eigenvalue weighted by atomic mass is 10.0. The van der Waals surface area contributed by atoms with Gasteiger partial charge in [0.25, 0.3) is 0 Å². The van der Waals surface area contributed by atoms with Crippen molar-refractivity contribution in [2.45, 2.75) is 6.42 Å². The van der Waals surface area contributed by atoms with Crippen molar-refractivity contribution in [3.63, 3.8) is 0 Å². The molecule has 1 amide bonds. The van der Waals surface area contributed by atoms with Crippen molar-refractivity contribution in [2.75, 3.05) is 19.5 Å². The normalized spacial score (nSPS) is 10.8. The molecular weight excluding hydrogens is 505 g/mol. The summed E-state index contributed by atoms with van der Waals surface area (Å²) in [4.78, 5) is 34.1. The third kappa shape index (κ3) is 4.89. The maximum absolute atomic E-state index is 13.4. The number of carbonyl (C=O) groups excluding carboxylic acids is 2. The summed E-state index contributed by atoms with van der Waals surface area (Å²) in [6, 6.07) is 6.53. The molecule has 0 unspecified atom stereocenters. The first-order valence-corrected chi connectivity index (χ1v) is 11.4. The molecule has 0 aliphatic heterocycles. The highest BCUT2D eigenvalue weighted by molar-refractivity contribution is 6.42. The van der Waals surface area contributed by atoms with Gasteiger partial charge in [-0.1, -0.05) is 29.8 Å². The number of carbonyl (C=O) groups is 2. The van der Waals surface area contributed by atoms with Crippen molar-refractivity contribution in [3.8, 4) is 11.5 Å². The molecule has 0 bridgehead atoms. The van der Waals surface area contributed by atoms with E-state index in [4.69, 9.17) is 32.7 Å². The summed E-state index contributed by atoms with van der Waals surface area (Å²) in [6.45, 7) is 3.46. The van der Waals surface area contributed by atoms with Gasteiger partial charge >= 0.3 is 0 Å². The van der Waals surface area contributed by atoms with Crippen molar-refractivity contribution in [3.05, 3.63) is 82.0 Å². The second kappa shape index (κ2) is 10.3. The fraction of sp³-hybridized carbons (Fsp3) is 0.160. The van der Waals surface area contributed by atoms with Crippen LogP contribution in [0.5, 0.6) is 11.5 Å². The summed E-state index contributed by atoms with van der Waals surface area (Å²) in [5.74, 6) is 0.304. The molecule has 2 aromatic carbocycles. The summed E-state index contributed by atoms with van der Waals surface area (Å²) in [5.41, 5.74) is 2.21. The maximum atomic E-state index is 13.4. The highest BCUT2D eigenvalue weighted by Crippen LogP contribution is 2.41. The Morgan fingerprint density at radius 3 is 2.47 bits per heavy atom. The van der Waals surface area contributed by atoms with Gasteiger partial charge in [-0.3, -0.25) is 14.3 Å². The topological polar surface area (TPSA) is 108 Å². The third-order valence-electron chi connectivity index (χ3n) is 5.37. The van der Waals surface area contributed by atoms with Gasteiger partial charge in [-0.15, -0.1) is 0 Å². The number of aromatic nitrogens is 4. The molecule has 0 saturated carbocycles. The Kier molecular flexibility index (Phi) is 7.23. The van der Waals surface area contributed by atoms with E-state index in [9.17, 15) is 9.59 Å². The number of halogens is 2. The van der Waals surface area contributed by atoms with Crippen LogP contribution in [0.3, 0.4) is 0 Å². The number of benzene rings is 2. The zero-order chi connectivity index (χ0) is 26.0. The number of methoxy groups -OCH3 is 2. The molecule has 2 aromatic heterocycles. The molecule has 11 heteroatoms. The summed E-state index contributed by atoms with van der Waals surface area (Å²) >= 11 is 12.8. The first-order chi connectivity index (χ1) is 17.2. The Hall–Kier alpha value is -3.95. The molecule has 0 aliphatic rings. The Balaban J connectivity index is 1.66. The van der Waals surface area contributed by atoms with Gasteiger partial charge < -0.3 is 14.8 Å². The standard InChI is InChI=1S/C25H21Cl2N5O4/c1-5-21(33)30-17-12-32(2)31-16(17)9-20-28-11-14-8-13(6-7-15(14)29-20)25(34)22-23(26)18(35-3)10-19(36-4)24(22)27/h5-8,10-12H,1,9H2,2-4H3,(H,30,33). The number of nitrogens with one attached hydrogen (secondary N) is 1. The molecule has 36 heavy (non-hydrogen) atoms. The number of anilines is 1. The number of fused-ring (bicyclic) bond motifs is 1. The Labute approximate surface area is 216 Å². The van der Waals surface area contributed by atoms with E-state index in [1.807, 2.05) is 0 Å². The van der Waals surface area contributed by atoms with E-state index in [2.05, 4.69) is 27.0 Å². The molecule has 4 aromatic rings. The summed E-state index contributed by atoms with van der Waals surface area (Å²) < 4.78 is 12.1. The smallest absolute Gasteiger partial charge is 0.247 e. The van der Waals surface area contributed by atoms with Gasteiger partial charge in [-0.2, -0.15) is 5.10 Å². The number of nitrogens with zero attached hydrogens (tertiary/aromatic N) is 4. The van der Waals surface area contributed by atoms with Gasteiger partial charge in [0.15, 0.2) is 5.78 Å². The summed E-state index contributed by atoms with van der Waals surface area (Å²) in [5, 5.41) is 7.94. The monoisotopic (exact) mass is 525 g/mol. The van der Waals surface area contributed by atoms with Crippen LogP contribution in [-0.2, 0) is 18.3 Å². The molecule has 1 N–H and O–H groups in total. The largest absolute Gasteiger partial charge is 0.495 e. The third-order valence-corrected chi connectivity index (χ3v) is 6.12. The Morgan fingerprint density at radius 1 is 1.14 bits per heavy atom. The van der Waals surface area contributed by atoms with E-state index < -0.39 is 5.78 Å². The van der Waals surface area contributed by atoms with Gasteiger partial charge in [-0.05, 0) is 24.3 Å². The molecule has 2 heterocycles. The molecule has 0 aliphatic carbocycles. The zero-order valence-electron chi connectivity index (χ0n) is 19.6. The fourth-order valence-electron chi connectivity index (χ4n) is 3.63. The minimum Gasteiger partial charge on any atom is -0.495 e. The van der Waals surface area contributed by atoms with Crippen molar-refractivity contribution in [2.24, 2.45) is 7.05 Å². The van der Waals surface area contributed by atoms with Crippen molar-refractivity contribution >= 4 is 51.5 Å². The number of ketones is 1. The first kappa shape index (κ1) is 25.2. The predicted molar refractivity (Wildman–Crippen MR) is 137 cm³/mol. The van der Waals surface area contributed by atoms with Crippen LogP contribution in [0, 0.1) is 0 Å². The molecule has 0 radical (unpaired) electrons. The molecule has 0 saturated heterocycles. The molecular formula is C25H21Cl2N5O4. The van der Waals surface area contributed by atoms with Gasteiger partial charge in [0.2, 0.25) is 5.91 Å². The van der Waals surface area contributed by atoms with E-state index >= 15 is 0 Å². The van der Waals surface area contributed by atoms with Crippen molar-refractivity contribution in [1.29, 1.82) is 0 Å². The van der Waals surface area contributed by atoms with Crippen LogP contribution in [0.2, 0.25) is 10.0 Å². The average molecular weight is 526 g/mol. The van der Waals surface area contributed by atoms with Gasteiger partial charge in [0, 0.05) is 36.5 Å². The lowest BCUT2D eigenvalue weighted by molar-refractivity contribution is -0.111. The van der Waals surface area contributed by atoms with Crippen molar-refractivity contribution < 1.29 is 19.1 Å². The van der Waals surface area contributed by atoms with Crippen molar-refractivity contribution in [1.82, 2.24) is 19.7 Å². The summed E-state index contributed by atoms with van der Waals surface area (Å²) in [6.07, 6.45) is 4.79. The van der Waals surface area contributed by atoms with E-state index in [1.54, 1.807) is 42.3 Å². The average Bonchev–Trinajstić information content (AvgIpc) is 3.21. The first-order valence-electron chi connectivity index (χ1n) is 10.6. The number of rotatable bonds is 8. The number of amides is 1. The highest BCUT2D eigenvalue weighted by Gasteiger charge is 2.24. The Bertz CT molecular complexity index is 1490. The van der Waals surface area contributed by atoms with E-state index in [0.717, 1.165) is 0 Å². The van der Waals surface area contributed by atoms with Crippen LogP contribution in [0.15, 0.2) is 49.3 Å². The number of hydrogen-bond donors (Lipinski definition) is 1. The molecule has 0 atom stereocenters. The van der Waals surface area contributed by atoms with E-state index in [1.165, 1.54) is 26.4 Å². The van der Waals surface area contributed by atoms with Gasteiger partial charge in [0.05, 0.1) is 53.1 Å². The lowest BCUT2D eigenvalue weighted by Crippen LogP contribution is -2.09. The van der Waals surface area contributed by atoms with Crippen LogP contribution in [-0.4, -0.2) is 45.7 Å². The zero-order valence-corrected chi connectivity index (χ0v) is 21.1. The lowest BCUT2D eigenvalue weighted by Gasteiger charge is -2.14. The minimum absolute atomic E-state index is 0.0793. The maximum Gasteiger partial charge on any atom is 0.247 e. The van der Waals surface area contributed by atoms with Crippen LogP contribution in [0.25, 0.3) is 10.9 Å². The molecule has 9 nitrogen and oxygen atoms in total. The highest BCUT2D eigenvalue weighted by atomic mass is 35.5. The minimum atomic E-state index is -0.399. The molecule has 4 rings (SSSR count). The van der Waals surface area contributed by atoms with E-state index in [-0.39, 0.29) is 33.0 Å². The van der Waals surface area contributed by atoms with Crippen LogP contribution in [0.4, 0.5) is 5.69 Å². The fourth-order valence-corrected chi connectivity index (χ4v) is 4.30. The number of aryl methyl sites for hydroxylation is 1. The second-order valence-corrected chi connectivity index (χ2v) is 8.46. The Morgan fingerprint density at radius 2 is 1.83 bits per heavy atom. The van der Waals surface area contributed by atoms with Crippen LogP contribution in [0.1, 0.15) is 27.4 Å². The van der Waals surface area contributed by atoms with Gasteiger partial charge in [-0.25, -0.2) is 9.97 Å². The van der Waals surface area contributed by atoms with Crippen LogP contribution < -0.4 is 14.8 Å². The molecule has 0 spiro atoms. The quantitative estimate of drug-likeness (QED) is 0.263. The van der Waals surface area contributed by atoms with Crippen LogP contribution >= 0.6 is 23.2 Å². The predicted octanol–water partition coefficient (Wildman–Crippen LogP) is 4.63. The number of hydrogen-bond acceptors (Lipinski definition) is 7. The second-order valence-electron chi connectivity index (χ2n) is 7.71. The van der Waals surface area contributed by atoms with E-state index in [0.29, 0.717) is 40.1 Å². The summed E-state index contributed by atoms with van der Waals surface area (Å²) in [7, 11) is 4.63. The molecule has 0 fully saturated rings. The SMILES string of the molecule is C=CC(=O)Nc1cn(C)nc1Cc1ncc2cc(C(=O)c3c(Cl)c(OC)cc(OC)c3Cl)ccc2n1. The van der Waals surface area contributed by atoms with Gasteiger partial charge in [0.1, 0.15) is 17.3 Å². The molecule has 184 valence electrons. The number of ether oxygens (including phenoxy) is 2.